The van der Waals surface area contributed by atoms with Crippen LogP contribution in [0.5, 0.6) is 0 Å². The van der Waals surface area contributed by atoms with Gasteiger partial charge in [-0.15, -0.1) is 11.3 Å². The summed E-state index contributed by atoms with van der Waals surface area (Å²) in [6.07, 6.45) is 1.74. The molecule has 3 aromatic rings. The van der Waals surface area contributed by atoms with E-state index in [1.54, 1.807) is 34.3 Å². The van der Waals surface area contributed by atoms with Gasteiger partial charge in [0.25, 0.3) is 0 Å². The molecule has 0 bridgehead atoms. The predicted molar refractivity (Wildman–Crippen MR) is 71.2 cm³/mol. The van der Waals surface area contributed by atoms with Crippen LogP contribution in [0.3, 0.4) is 0 Å². The van der Waals surface area contributed by atoms with E-state index < -0.39 is 0 Å². The van der Waals surface area contributed by atoms with Crippen molar-refractivity contribution in [3.8, 4) is 16.3 Å². The summed E-state index contributed by atoms with van der Waals surface area (Å²) in [6, 6.07) is 10.1. The van der Waals surface area contributed by atoms with Gasteiger partial charge in [0.05, 0.1) is 22.4 Å². The summed E-state index contributed by atoms with van der Waals surface area (Å²) >= 11 is 1.59. The third-order valence-electron chi connectivity index (χ3n) is 2.59. The van der Waals surface area contributed by atoms with Crippen LogP contribution in [0, 0.1) is 5.82 Å². The largest absolute Gasteiger partial charge is 0.396 e. The Bertz CT molecular complexity index is 656. The molecule has 0 aliphatic carbocycles. The highest BCUT2D eigenvalue weighted by Crippen LogP contribution is 2.29. The van der Waals surface area contributed by atoms with Crippen molar-refractivity contribution in [1.29, 1.82) is 0 Å². The fourth-order valence-corrected chi connectivity index (χ4v) is 2.45. The Morgan fingerprint density at radius 1 is 1.17 bits per heavy atom. The van der Waals surface area contributed by atoms with Crippen molar-refractivity contribution in [1.82, 2.24) is 9.78 Å². The number of rotatable bonds is 2. The quantitative estimate of drug-likeness (QED) is 0.767. The van der Waals surface area contributed by atoms with E-state index in [1.165, 1.54) is 12.1 Å². The molecule has 90 valence electrons. The zero-order chi connectivity index (χ0) is 12.5. The van der Waals surface area contributed by atoms with Crippen molar-refractivity contribution in [2.45, 2.75) is 0 Å². The van der Waals surface area contributed by atoms with E-state index in [0.717, 1.165) is 16.3 Å². The molecule has 0 aliphatic rings. The first-order valence-corrected chi connectivity index (χ1v) is 6.27. The second-order valence-electron chi connectivity index (χ2n) is 3.83. The second kappa shape index (κ2) is 4.27. The lowest BCUT2D eigenvalue weighted by Crippen LogP contribution is -1.94. The topological polar surface area (TPSA) is 43.8 Å². The number of nitrogens with two attached hydrogens (primary N) is 1. The van der Waals surface area contributed by atoms with Gasteiger partial charge < -0.3 is 5.73 Å². The molecule has 2 heterocycles. The van der Waals surface area contributed by atoms with Gasteiger partial charge in [0.1, 0.15) is 11.5 Å². The summed E-state index contributed by atoms with van der Waals surface area (Å²) in [4.78, 5) is 1.02. The van der Waals surface area contributed by atoms with Gasteiger partial charge in [0, 0.05) is 0 Å². The fourth-order valence-electron chi connectivity index (χ4n) is 1.72. The standard InChI is InChI=1S/C13H10FN3S/c14-9-3-5-10(6-4-9)17-8-11(15)13(16-17)12-2-1-7-18-12/h1-8H,15H2. The first kappa shape index (κ1) is 11.0. The number of halogens is 1. The Balaban J connectivity index is 2.05. The second-order valence-corrected chi connectivity index (χ2v) is 4.78. The maximum absolute atomic E-state index is 12.9. The van der Waals surface area contributed by atoms with Gasteiger partial charge in [-0.25, -0.2) is 9.07 Å². The Hall–Kier alpha value is -2.14. The van der Waals surface area contributed by atoms with Crippen LogP contribution in [0.1, 0.15) is 0 Å². The number of hydrogen-bond acceptors (Lipinski definition) is 3. The van der Waals surface area contributed by atoms with Crippen LogP contribution >= 0.6 is 11.3 Å². The van der Waals surface area contributed by atoms with Crippen molar-refractivity contribution in [3.05, 3.63) is 53.8 Å². The molecule has 0 unspecified atom stereocenters. The Morgan fingerprint density at radius 3 is 2.61 bits per heavy atom. The third kappa shape index (κ3) is 1.89. The maximum atomic E-state index is 12.9. The van der Waals surface area contributed by atoms with Gasteiger partial charge >= 0.3 is 0 Å². The molecule has 18 heavy (non-hydrogen) atoms. The van der Waals surface area contributed by atoms with Crippen LogP contribution in [-0.4, -0.2) is 9.78 Å². The first-order valence-electron chi connectivity index (χ1n) is 5.39. The summed E-state index contributed by atoms with van der Waals surface area (Å²) in [5.74, 6) is -0.266. The SMILES string of the molecule is Nc1cn(-c2ccc(F)cc2)nc1-c1cccs1. The highest BCUT2D eigenvalue weighted by atomic mass is 32.1. The Labute approximate surface area is 107 Å². The van der Waals surface area contributed by atoms with E-state index in [4.69, 9.17) is 5.73 Å². The molecule has 0 spiro atoms. The monoisotopic (exact) mass is 259 g/mol. The number of thiophene rings is 1. The molecule has 1 aromatic carbocycles. The number of hydrogen-bond donors (Lipinski definition) is 1. The number of nitrogen functional groups attached to an aromatic ring is 1. The van der Waals surface area contributed by atoms with Gasteiger partial charge in [0.2, 0.25) is 0 Å². The molecule has 3 rings (SSSR count). The minimum Gasteiger partial charge on any atom is -0.396 e. The Kier molecular flexibility index (Phi) is 2.60. The lowest BCUT2D eigenvalue weighted by molar-refractivity contribution is 0.627. The minimum absolute atomic E-state index is 0.266. The minimum atomic E-state index is -0.266. The smallest absolute Gasteiger partial charge is 0.126 e. The average Bonchev–Trinajstić information content (AvgIpc) is 2.99. The molecular formula is C13H10FN3S. The van der Waals surface area contributed by atoms with E-state index >= 15 is 0 Å². The highest BCUT2D eigenvalue weighted by Gasteiger charge is 2.10. The zero-order valence-electron chi connectivity index (χ0n) is 9.38. The van der Waals surface area contributed by atoms with Crippen LogP contribution in [0.2, 0.25) is 0 Å². The predicted octanol–water partition coefficient (Wildman–Crippen LogP) is 3.32. The van der Waals surface area contributed by atoms with Crippen molar-refractivity contribution < 1.29 is 4.39 Å². The van der Waals surface area contributed by atoms with Gasteiger partial charge in [-0.05, 0) is 35.7 Å². The molecule has 2 N–H and O–H groups in total. The normalized spacial score (nSPS) is 10.7. The van der Waals surface area contributed by atoms with E-state index in [0.29, 0.717) is 5.69 Å². The third-order valence-corrected chi connectivity index (χ3v) is 3.46. The molecule has 3 nitrogen and oxygen atoms in total. The molecular weight excluding hydrogens is 249 g/mol. The molecule has 5 heteroatoms. The molecule has 0 saturated carbocycles. The van der Waals surface area contributed by atoms with Gasteiger partial charge in [-0.3, -0.25) is 0 Å². The van der Waals surface area contributed by atoms with Crippen molar-refractivity contribution in [2.24, 2.45) is 0 Å². The maximum Gasteiger partial charge on any atom is 0.126 e. The van der Waals surface area contributed by atoms with Crippen LogP contribution < -0.4 is 5.73 Å². The van der Waals surface area contributed by atoms with Crippen molar-refractivity contribution >= 4 is 17.0 Å². The molecule has 2 aromatic heterocycles. The molecule has 0 atom stereocenters. The lowest BCUT2D eigenvalue weighted by atomic mass is 10.3. The molecule has 0 amide bonds. The van der Waals surface area contributed by atoms with E-state index in [2.05, 4.69) is 5.10 Å². The summed E-state index contributed by atoms with van der Waals surface area (Å²) in [5, 5.41) is 6.41. The summed E-state index contributed by atoms with van der Waals surface area (Å²) in [6.45, 7) is 0. The van der Waals surface area contributed by atoms with Gasteiger partial charge in [0.15, 0.2) is 0 Å². The number of anilines is 1. The molecule has 0 saturated heterocycles. The lowest BCUT2D eigenvalue weighted by Gasteiger charge is -1.99. The zero-order valence-corrected chi connectivity index (χ0v) is 10.2. The highest BCUT2D eigenvalue weighted by molar-refractivity contribution is 7.13. The van der Waals surface area contributed by atoms with Crippen molar-refractivity contribution in [2.75, 3.05) is 5.73 Å². The first-order chi connectivity index (χ1) is 8.74. The number of benzene rings is 1. The van der Waals surface area contributed by atoms with E-state index in [1.807, 2.05) is 17.5 Å². The summed E-state index contributed by atoms with van der Waals surface area (Å²) in [5.41, 5.74) is 8.10. The Morgan fingerprint density at radius 2 is 1.94 bits per heavy atom. The summed E-state index contributed by atoms with van der Waals surface area (Å²) < 4.78 is 14.5. The van der Waals surface area contributed by atoms with Crippen LogP contribution in [0.4, 0.5) is 10.1 Å². The van der Waals surface area contributed by atoms with Gasteiger partial charge in [-0.1, -0.05) is 6.07 Å². The van der Waals surface area contributed by atoms with Crippen LogP contribution in [0.15, 0.2) is 48.0 Å². The number of nitrogens with zero attached hydrogens (tertiary/aromatic N) is 2. The number of aromatic nitrogens is 2. The summed E-state index contributed by atoms with van der Waals surface area (Å²) in [7, 11) is 0. The van der Waals surface area contributed by atoms with E-state index in [9.17, 15) is 4.39 Å². The molecule has 0 aliphatic heterocycles. The molecule has 0 radical (unpaired) electrons. The van der Waals surface area contributed by atoms with Crippen LogP contribution in [0.25, 0.3) is 16.3 Å². The molecule has 0 fully saturated rings. The van der Waals surface area contributed by atoms with Crippen LogP contribution in [-0.2, 0) is 0 Å². The van der Waals surface area contributed by atoms with Crippen molar-refractivity contribution in [3.63, 3.8) is 0 Å². The van der Waals surface area contributed by atoms with Gasteiger partial charge in [-0.2, -0.15) is 5.10 Å². The average molecular weight is 259 g/mol. The van der Waals surface area contributed by atoms with E-state index in [-0.39, 0.29) is 5.82 Å². The fraction of sp³-hybridized carbons (Fsp3) is 0.